The number of hydrogen-bond acceptors (Lipinski definition) is 1. The van der Waals surface area contributed by atoms with E-state index < -0.39 is 0 Å². The Hall–Kier alpha value is -1.57. The van der Waals surface area contributed by atoms with Crippen LogP contribution < -0.4 is 9.78 Å². The van der Waals surface area contributed by atoms with Gasteiger partial charge in [-0.2, -0.15) is 0 Å². The summed E-state index contributed by atoms with van der Waals surface area (Å²) >= 11 is 0.208. The summed E-state index contributed by atoms with van der Waals surface area (Å²) < 4.78 is 1.25. The zero-order valence-corrected chi connectivity index (χ0v) is 11.0. The van der Waals surface area contributed by atoms with Crippen LogP contribution in [0.15, 0.2) is 60.7 Å². The topological polar surface area (TPSA) is 29.1 Å². The maximum atomic E-state index is 11.7. The molecule has 0 aliphatic heterocycles. The average Bonchev–Trinajstić information content (AvgIpc) is 2.39. The molecule has 2 aromatic carbocycles. The first-order valence-corrected chi connectivity index (χ1v) is 7.44. The summed E-state index contributed by atoms with van der Waals surface area (Å²) in [5, 5.41) is 3.46. The van der Waals surface area contributed by atoms with Gasteiger partial charge < -0.3 is 0 Å². The van der Waals surface area contributed by atoms with Crippen molar-refractivity contribution in [1.29, 1.82) is 0 Å². The summed E-state index contributed by atoms with van der Waals surface area (Å²) in [5.74, 6) is 0.0834. The summed E-state index contributed by atoms with van der Waals surface area (Å²) in [6.45, 7) is 0. The normalized spacial score (nSPS) is 9.88. The van der Waals surface area contributed by atoms with Crippen molar-refractivity contribution in [2.24, 2.45) is 0 Å². The van der Waals surface area contributed by atoms with E-state index in [9.17, 15) is 4.79 Å². The van der Waals surface area contributed by atoms with Gasteiger partial charge in [-0.1, -0.05) is 0 Å². The molecule has 0 aromatic heterocycles. The van der Waals surface area contributed by atoms with Crippen molar-refractivity contribution in [2.45, 2.75) is 5.32 Å². The van der Waals surface area contributed by atoms with Crippen molar-refractivity contribution in [3.05, 3.63) is 60.7 Å². The number of hydrogen-bond donors (Lipinski definition) is 1. The van der Waals surface area contributed by atoms with Gasteiger partial charge in [0.15, 0.2) is 0 Å². The Balaban J connectivity index is 1.83. The first-order chi connectivity index (χ1) is 8.34. The SMILES string of the molecule is O=C(C[Se]c1ccccc1)Nc1ccccc1. The van der Waals surface area contributed by atoms with Crippen LogP contribution in [-0.4, -0.2) is 20.9 Å². The molecule has 0 bridgehead atoms. The van der Waals surface area contributed by atoms with Crippen LogP contribution in [0.4, 0.5) is 5.69 Å². The second kappa shape index (κ2) is 6.24. The van der Waals surface area contributed by atoms with Crippen LogP contribution in [-0.2, 0) is 4.79 Å². The van der Waals surface area contributed by atoms with E-state index in [0.717, 1.165) is 5.69 Å². The molecule has 2 rings (SSSR count). The van der Waals surface area contributed by atoms with E-state index in [0.29, 0.717) is 5.32 Å². The first kappa shape index (κ1) is 11.9. The molecule has 0 radical (unpaired) electrons. The Morgan fingerprint density at radius 1 is 0.941 bits per heavy atom. The van der Waals surface area contributed by atoms with Crippen molar-refractivity contribution < 1.29 is 4.79 Å². The summed E-state index contributed by atoms with van der Waals surface area (Å²) in [4.78, 5) is 11.7. The van der Waals surface area contributed by atoms with Gasteiger partial charge >= 0.3 is 107 Å². The van der Waals surface area contributed by atoms with Crippen LogP contribution in [0.2, 0.25) is 5.32 Å². The van der Waals surface area contributed by atoms with Crippen molar-refractivity contribution in [3.8, 4) is 0 Å². The molecule has 2 nitrogen and oxygen atoms in total. The predicted molar refractivity (Wildman–Crippen MR) is 71.7 cm³/mol. The van der Waals surface area contributed by atoms with Gasteiger partial charge in [-0.25, -0.2) is 0 Å². The van der Waals surface area contributed by atoms with E-state index in [1.807, 2.05) is 48.5 Å². The molecule has 17 heavy (non-hydrogen) atoms. The quantitative estimate of drug-likeness (QED) is 0.858. The van der Waals surface area contributed by atoms with Gasteiger partial charge in [-0.3, -0.25) is 0 Å². The van der Waals surface area contributed by atoms with Crippen molar-refractivity contribution >= 4 is 31.0 Å². The van der Waals surface area contributed by atoms with Crippen LogP contribution in [0.1, 0.15) is 0 Å². The Morgan fingerprint density at radius 3 is 2.18 bits per heavy atom. The molecule has 0 spiro atoms. The Kier molecular flexibility index (Phi) is 4.37. The molecule has 1 N–H and O–H groups in total. The zero-order valence-electron chi connectivity index (χ0n) is 9.30. The summed E-state index contributed by atoms with van der Waals surface area (Å²) in [6.07, 6.45) is 0. The Bertz CT molecular complexity index is 470. The van der Waals surface area contributed by atoms with Gasteiger partial charge in [0.25, 0.3) is 0 Å². The molecule has 0 fully saturated rings. The van der Waals surface area contributed by atoms with E-state index in [1.165, 1.54) is 4.46 Å². The third-order valence-electron chi connectivity index (χ3n) is 2.17. The van der Waals surface area contributed by atoms with Crippen LogP contribution in [0, 0.1) is 0 Å². The monoisotopic (exact) mass is 291 g/mol. The molecule has 0 aliphatic rings. The second-order valence-electron chi connectivity index (χ2n) is 3.52. The summed E-state index contributed by atoms with van der Waals surface area (Å²) in [7, 11) is 0. The molecule has 0 saturated heterocycles. The number of nitrogens with one attached hydrogen (secondary N) is 1. The number of amides is 1. The van der Waals surface area contributed by atoms with Crippen molar-refractivity contribution in [2.75, 3.05) is 5.32 Å². The van der Waals surface area contributed by atoms with Crippen molar-refractivity contribution in [3.63, 3.8) is 0 Å². The molecule has 0 aliphatic carbocycles. The molecule has 86 valence electrons. The standard InChI is InChI=1S/C14H13NOSe/c16-14(15-12-7-3-1-4-8-12)11-17-13-9-5-2-6-10-13/h1-10H,11H2,(H,15,16). The molecule has 2 aromatic rings. The molecule has 0 unspecified atom stereocenters. The summed E-state index contributed by atoms with van der Waals surface area (Å²) in [5.41, 5.74) is 0.862. The zero-order chi connectivity index (χ0) is 11.9. The number of anilines is 1. The number of carbonyl (C=O) groups is 1. The minimum absolute atomic E-state index is 0.0834. The number of carbonyl (C=O) groups excluding carboxylic acids is 1. The molecular formula is C14H13NOSe. The van der Waals surface area contributed by atoms with Gasteiger partial charge in [0.05, 0.1) is 0 Å². The van der Waals surface area contributed by atoms with Gasteiger partial charge in [-0.15, -0.1) is 0 Å². The van der Waals surface area contributed by atoms with E-state index in [-0.39, 0.29) is 20.9 Å². The summed E-state index contributed by atoms with van der Waals surface area (Å²) in [6, 6.07) is 19.7. The van der Waals surface area contributed by atoms with E-state index in [2.05, 4.69) is 17.4 Å². The van der Waals surface area contributed by atoms with Crippen LogP contribution >= 0.6 is 0 Å². The molecule has 0 heterocycles. The van der Waals surface area contributed by atoms with Gasteiger partial charge in [0.1, 0.15) is 0 Å². The van der Waals surface area contributed by atoms with Gasteiger partial charge in [0.2, 0.25) is 0 Å². The third-order valence-corrected chi connectivity index (χ3v) is 4.29. The Labute approximate surface area is 107 Å². The molecule has 0 saturated carbocycles. The first-order valence-electron chi connectivity index (χ1n) is 5.37. The molecule has 1 amide bonds. The maximum absolute atomic E-state index is 11.7. The van der Waals surface area contributed by atoms with Crippen LogP contribution in [0.5, 0.6) is 0 Å². The van der Waals surface area contributed by atoms with Gasteiger partial charge in [-0.05, 0) is 0 Å². The van der Waals surface area contributed by atoms with E-state index >= 15 is 0 Å². The fourth-order valence-electron chi connectivity index (χ4n) is 1.38. The van der Waals surface area contributed by atoms with E-state index in [1.54, 1.807) is 0 Å². The molecule has 0 atom stereocenters. The van der Waals surface area contributed by atoms with Crippen LogP contribution in [0.25, 0.3) is 0 Å². The minimum atomic E-state index is 0.0834. The third kappa shape index (κ3) is 4.06. The molecular weight excluding hydrogens is 277 g/mol. The predicted octanol–water partition coefficient (Wildman–Crippen LogP) is 2.07. The van der Waals surface area contributed by atoms with Gasteiger partial charge in [0, 0.05) is 0 Å². The fraction of sp³-hybridized carbons (Fsp3) is 0.0714. The average molecular weight is 290 g/mol. The number of rotatable bonds is 4. The van der Waals surface area contributed by atoms with Crippen LogP contribution in [0.3, 0.4) is 0 Å². The van der Waals surface area contributed by atoms with E-state index in [4.69, 9.17) is 0 Å². The Morgan fingerprint density at radius 2 is 1.53 bits per heavy atom. The fourth-order valence-corrected chi connectivity index (χ4v) is 2.89. The van der Waals surface area contributed by atoms with Crippen molar-refractivity contribution in [1.82, 2.24) is 0 Å². The second-order valence-corrected chi connectivity index (χ2v) is 5.72. The molecule has 3 heteroatoms. The number of benzene rings is 2. The number of para-hydroxylation sites is 1.